The van der Waals surface area contributed by atoms with Gasteiger partial charge in [0.2, 0.25) is 5.91 Å². The lowest BCUT2D eigenvalue weighted by atomic mass is 10.0. The predicted octanol–water partition coefficient (Wildman–Crippen LogP) is 2.02. The number of rotatable bonds is 6. The van der Waals surface area contributed by atoms with Crippen molar-refractivity contribution in [2.24, 2.45) is 0 Å². The molecule has 2 atom stereocenters. The number of hydrogen-bond donors (Lipinski definition) is 1. The van der Waals surface area contributed by atoms with Gasteiger partial charge in [0.25, 0.3) is 0 Å². The number of nitrogens with one attached hydrogen (secondary N) is 1. The molecule has 148 valence electrons. The fraction of sp³-hybridized carbons (Fsp3) is 0.550. The maximum atomic E-state index is 12.2. The summed E-state index contributed by atoms with van der Waals surface area (Å²) in [6.45, 7) is 5.96. The molecule has 1 saturated heterocycles. The molecule has 2 rings (SSSR count). The van der Waals surface area contributed by atoms with Crippen LogP contribution in [0.2, 0.25) is 0 Å². The second kappa shape index (κ2) is 8.99. The zero-order valence-electron chi connectivity index (χ0n) is 16.2. The topological polar surface area (TPSA) is 90.9 Å². The number of benzene rings is 1. The van der Waals surface area contributed by atoms with Crippen molar-refractivity contribution in [2.75, 3.05) is 13.7 Å². The van der Waals surface area contributed by atoms with E-state index in [-0.39, 0.29) is 12.3 Å². The van der Waals surface area contributed by atoms with Gasteiger partial charge < -0.3 is 19.5 Å². The zero-order valence-corrected chi connectivity index (χ0v) is 16.2. The molecule has 0 spiro atoms. The molecule has 0 saturated carbocycles. The molecule has 7 nitrogen and oxygen atoms in total. The van der Waals surface area contributed by atoms with Crippen molar-refractivity contribution in [3.63, 3.8) is 0 Å². The minimum Gasteiger partial charge on any atom is -0.467 e. The van der Waals surface area contributed by atoms with E-state index in [0.29, 0.717) is 18.6 Å². The third-order valence-corrected chi connectivity index (χ3v) is 4.05. The maximum absolute atomic E-state index is 12.2. The summed E-state index contributed by atoms with van der Waals surface area (Å²) in [5, 5.41) is 2.70. The number of carbonyl (C=O) groups is 3. The van der Waals surface area contributed by atoms with Crippen LogP contribution >= 0.6 is 0 Å². The number of esters is 2. The molecule has 1 aromatic carbocycles. The molecule has 1 heterocycles. The van der Waals surface area contributed by atoms with Gasteiger partial charge in [0.15, 0.2) is 0 Å². The summed E-state index contributed by atoms with van der Waals surface area (Å²) >= 11 is 0. The van der Waals surface area contributed by atoms with Gasteiger partial charge in [0.1, 0.15) is 17.7 Å². The predicted molar refractivity (Wildman–Crippen MR) is 98.2 cm³/mol. The van der Waals surface area contributed by atoms with Crippen molar-refractivity contribution >= 4 is 17.8 Å². The largest absolute Gasteiger partial charge is 0.467 e. The average Bonchev–Trinajstić information content (AvgIpc) is 3.14. The highest BCUT2D eigenvalue weighted by Gasteiger charge is 2.29. The second-order valence-corrected chi connectivity index (χ2v) is 7.49. The zero-order chi connectivity index (χ0) is 20.0. The number of carbonyl (C=O) groups excluding carboxylic acids is 3. The minimum absolute atomic E-state index is 0.250. The molecule has 1 aromatic rings. The first-order chi connectivity index (χ1) is 12.7. The van der Waals surface area contributed by atoms with Crippen molar-refractivity contribution in [1.29, 1.82) is 0 Å². The first-order valence-corrected chi connectivity index (χ1v) is 9.01. The van der Waals surface area contributed by atoms with Crippen LogP contribution in [-0.4, -0.2) is 49.3 Å². The van der Waals surface area contributed by atoms with Gasteiger partial charge in [-0.15, -0.1) is 0 Å². The third kappa shape index (κ3) is 6.36. The highest BCUT2D eigenvalue weighted by atomic mass is 16.6. The number of hydrogen-bond acceptors (Lipinski definition) is 6. The van der Waals surface area contributed by atoms with E-state index >= 15 is 0 Å². The summed E-state index contributed by atoms with van der Waals surface area (Å²) in [5.74, 6) is -1.25. The summed E-state index contributed by atoms with van der Waals surface area (Å²) in [6, 6.07) is 5.92. The van der Waals surface area contributed by atoms with E-state index in [9.17, 15) is 14.4 Å². The van der Waals surface area contributed by atoms with E-state index in [1.165, 1.54) is 7.11 Å². The Balaban J connectivity index is 2.03. The molecule has 0 aliphatic carbocycles. The van der Waals surface area contributed by atoms with Gasteiger partial charge >= 0.3 is 11.9 Å². The van der Waals surface area contributed by atoms with Crippen LogP contribution < -0.4 is 5.32 Å². The smallest absolute Gasteiger partial charge is 0.338 e. The van der Waals surface area contributed by atoms with Crippen LogP contribution in [0.4, 0.5) is 0 Å². The Labute approximate surface area is 159 Å². The Morgan fingerprint density at radius 3 is 2.41 bits per heavy atom. The molecule has 0 bridgehead atoms. The van der Waals surface area contributed by atoms with Crippen molar-refractivity contribution in [3.8, 4) is 0 Å². The Morgan fingerprint density at radius 2 is 1.89 bits per heavy atom. The summed E-state index contributed by atoms with van der Waals surface area (Å²) < 4.78 is 15.5. The quantitative estimate of drug-likeness (QED) is 0.763. The van der Waals surface area contributed by atoms with Crippen LogP contribution in [-0.2, 0) is 30.2 Å². The summed E-state index contributed by atoms with van der Waals surface area (Å²) in [7, 11) is 1.28. The Morgan fingerprint density at radius 1 is 1.22 bits per heavy atom. The van der Waals surface area contributed by atoms with E-state index in [2.05, 4.69) is 5.32 Å². The highest BCUT2D eigenvalue weighted by Crippen LogP contribution is 2.15. The van der Waals surface area contributed by atoms with Crippen LogP contribution in [0.25, 0.3) is 0 Å². The Bertz CT molecular complexity index is 671. The van der Waals surface area contributed by atoms with E-state index in [0.717, 1.165) is 12.0 Å². The number of methoxy groups -OCH3 is 1. The number of ether oxygens (including phenoxy) is 3. The van der Waals surface area contributed by atoms with Gasteiger partial charge in [0.05, 0.1) is 12.7 Å². The van der Waals surface area contributed by atoms with E-state index < -0.39 is 29.7 Å². The third-order valence-electron chi connectivity index (χ3n) is 4.05. The lowest BCUT2D eigenvalue weighted by Gasteiger charge is -2.20. The van der Waals surface area contributed by atoms with Crippen LogP contribution in [0.15, 0.2) is 24.3 Å². The normalized spacial score (nSPS) is 17.9. The molecular formula is C20H27NO6. The fourth-order valence-electron chi connectivity index (χ4n) is 2.73. The van der Waals surface area contributed by atoms with E-state index in [1.807, 2.05) is 0 Å². The molecule has 1 aliphatic heterocycles. The van der Waals surface area contributed by atoms with Crippen LogP contribution in [0, 0.1) is 0 Å². The Hall–Kier alpha value is -2.41. The van der Waals surface area contributed by atoms with E-state index in [1.54, 1.807) is 45.0 Å². The lowest BCUT2D eigenvalue weighted by Crippen LogP contribution is -2.47. The molecular weight excluding hydrogens is 350 g/mol. The maximum Gasteiger partial charge on any atom is 0.338 e. The molecule has 1 amide bonds. The SMILES string of the molecule is COC(=O)[C@@H](Cc1ccc(C(=O)OC(C)(C)C)cc1)NC(=O)[C@@H]1CCCO1. The first-order valence-electron chi connectivity index (χ1n) is 9.01. The molecule has 1 fully saturated rings. The monoisotopic (exact) mass is 377 g/mol. The first kappa shape index (κ1) is 20.9. The van der Waals surface area contributed by atoms with Crippen molar-refractivity contribution < 1.29 is 28.6 Å². The molecule has 27 heavy (non-hydrogen) atoms. The van der Waals surface area contributed by atoms with Gasteiger partial charge in [-0.3, -0.25) is 4.79 Å². The van der Waals surface area contributed by atoms with Crippen molar-refractivity contribution in [1.82, 2.24) is 5.32 Å². The van der Waals surface area contributed by atoms with Crippen LogP contribution in [0.1, 0.15) is 49.5 Å². The van der Waals surface area contributed by atoms with Crippen LogP contribution in [0.3, 0.4) is 0 Å². The van der Waals surface area contributed by atoms with Crippen molar-refractivity contribution in [3.05, 3.63) is 35.4 Å². The summed E-state index contributed by atoms with van der Waals surface area (Å²) in [6.07, 6.45) is 1.20. The molecule has 0 unspecified atom stereocenters. The average molecular weight is 377 g/mol. The highest BCUT2D eigenvalue weighted by molar-refractivity contribution is 5.90. The lowest BCUT2D eigenvalue weighted by molar-refractivity contribution is -0.146. The van der Waals surface area contributed by atoms with Gasteiger partial charge in [0, 0.05) is 13.0 Å². The molecule has 1 N–H and O–H groups in total. The molecule has 0 aromatic heterocycles. The van der Waals surface area contributed by atoms with E-state index in [4.69, 9.17) is 14.2 Å². The summed E-state index contributed by atoms with van der Waals surface area (Å²) in [5.41, 5.74) is 0.634. The van der Waals surface area contributed by atoms with Gasteiger partial charge in [-0.2, -0.15) is 0 Å². The molecule has 7 heteroatoms. The summed E-state index contributed by atoms with van der Waals surface area (Å²) in [4.78, 5) is 36.4. The van der Waals surface area contributed by atoms with Gasteiger partial charge in [-0.1, -0.05) is 12.1 Å². The molecule has 0 radical (unpaired) electrons. The molecule has 1 aliphatic rings. The second-order valence-electron chi connectivity index (χ2n) is 7.49. The Kier molecular flexibility index (Phi) is 6.96. The minimum atomic E-state index is -0.820. The fourth-order valence-corrected chi connectivity index (χ4v) is 2.73. The standard InChI is InChI=1S/C20H27NO6/c1-20(2,3)27-18(23)14-9-7-13(8-10-14)12-15(19(24)25-4)21-17(22)16-6-5-11-26-16/h7-10,15-16H,5-6,11-12H2,1-4H3,(H,21,22)/t15-,16+/m1/s1. The number of amides is 1. The van der Waals surface area contributed by atoms with Gasteiger partial charge in [-0.25, -0.2) is 9.59 Å². The van der Waals surface area contributed by atoms with Gasteiger partial charge in [-0.05, 0) is 51.3 Å². The van der Waals surface area contributed by atoms with Crippen LogP contribution in [0.5, 0.6) is 0 Å². The van der Waals surface area contributed by atoms with Crippen molar-refractivity contribution in [2.45, 2.75) is 57.8 Å².